The Hall–Kier alpha value is -2.34. The maximum Gasteiger partial charge on any atom is 0.472 e. The van der Waals surface area contributed by atoms with Crippen LogP contribution in [-0.2, 0) is 41.8 Å². The Morgan fingerprint density at radius 1 is 0.613 bits per heavy atom. The molecule has 0 bridgehead atoms. The van der Waals surface area contributed by atoms with Gasteiger partial charge in [0.05, 0.1) is 12.7 Å². The standard InChI is InChI=1S/C43H74O17P2/c1-3-5-7-9-11-12-13-14-15-16-18-22-26-30-36(45)56-32-35(58-37(46)31-27-23-19-21-25-29-34(44)28-24-20-17-10-8-6-4-2)33-57-62(54,55)60-43-40(49)38(47)39(48)42(41(43)50)59-61(51,52)53/h6-9,12-13,17,20,24,28,34-35,38-44,47-50H,3-5,10-11,14-16,18-19,21-23,25-27,29-33H2,1-2H3,(H,54,55)(H2,51,52,53)/b8-6+,9-7-,13-12-,20-17+,28-24+/t34?,35-,38?,39?,40?,41?,42-,43+/m1/s1. The van der Waals surface area contributed by atoms with Crippen LogP contribution in [-0.4, -0.2) is 114 Å². The van der Waals surface area contributed by atoms with Gasteiger partial charge in [0.25, 0.3) is 0 Å². The van der Waals surface area contributed by atoms with Crippen molar-refractivity contribution in [3.8, 4) is 0 Å². The molecule has 1 rings (SSSR count). The minimum absolute atomic E-state index is 0.0314. The molecule has 19 heteroatoms. The molecule has 0 amide bonds. The number of phosphoric ester groups is 2. The summed E-state index contributed by atoms with van der Waals surface area (Å²) in [6, 6.07) is 0. The van der Waals surface area contributed by atoms with Gasteiger partial charge < -0.3 is 49.7 Å². The molecule has 0 saturated heterocycles. The lowest BCUT2D eigenvalue weighted by Crippen LogP contribution is -2.64. The van der Waals surface area contributed by atoms with Crippen molar-refractivity contribution >= 4 is 27.6 Å². The fraction of sp³-hybridized carbons (Fsp3) is 0.721. The molecule has 1 fully saturated rings. The van der Waals surface area contributed by atoms with Gasteiger partial charge in [-0.3, -0.25) is 23.2 Å². The van der Waals surface area contributed by atoms with E-state index < -0.39 is 89.6 Å². The van der Waals surface area contributed by atoms with Gasteiger partial charge >= 0.3 is 27.6 Å². The van der Waals surface area contributed by atoms with Crippen molar-refractivity contribution in [3.63, 3.8) is 0 Å². The van der Waals surface area contributed by atoms with Gasteiger partial charge in [0.1, 0.15) is 43.2 Å². The van der Waals surface area contributed by atoms with E-state index in [1.165, 1.54) is 0 Å². The molecule has 0 aromatic carbocycles. The number of carbonyl (C=O) groups is 2. The minimum atomic E-state index is -5.38. The van der Waals surface area contributed by atoms with E-state index in [1.807, 2.05) is 18.2 Å². The van der Waals surface area contributed by atoms with Crippen LogP contribution in [0, 0.1) is 0 Å². The summed E-state index contributed by atoms with van der Waals surface area (Å²) in [6.07, 6.45) is 19.2. The highest BCUT2D eigenvalue weighted by atomic mass is 31.2. The molecule has 0 radical (unpaired) electrons. The van der Waals surface area contributed by atoms with E-state index in [2.05, 4.69) is 54.8 Å². The maximum atomic E-state index is 13.0. The van der Waals surface area contributed by atoms with E-state index in [9.17, 15) is 49.1 Å². The van der Waals surface area contributed by atoms with Crippen LogP contribution in [0.25, 0.3) is 0 Å². The fourth-order valence-corrected chi connectivity index (χ4v) is 7.78. The first kappa shape index (κ1) is 57.7. The SMILES string of the molecule is CC/C=C/C/C=C/C=C/C(O)CCCCCCCC(=O)O[C@H](COC(=O)CCCCCCC/C=C\C/C=C\CCC)COP(=O)(O)O[C@H]1C(O)C(O)C(O)[C@@H](OP(=O)(O)O)C1O. The summed E-state index contributed by atoms with van der Waals surface area (Å²) >= 11 is 0. The van der Waals surface area contributed by atoms with E-state index in [4.69, 9.17) is 28.3 Å². The zero-order chi connectivity index (χ0) is 46.2. The van der Waals surface area contributed by atoms with Crippen LogP contribution in [0.2, 0.25) is 0 Å². The van der Waals surface area contributed by atoms with Crippen molar-refractivity contribution in [2.75, 3.05) is 13.2 Å². The largest absolute Gasteiger partial charge is 0.472 e. The number of aliphatic hydroxyl groups excluding tert-OH is 5. The highest BCUT2D eigenvalue weighted by Crippen LogP contribution is 2.49. The van der Waals surface area contributed by atoms with Crippen LogP contribution in [0.15, 0.2) is 60.8 Å². The van der Waals surface area contributed by atoms with Crippen molar-refractivity contribution in [1.82, 2.24) is 0 Å². The summed E-state index contributed by atoms with van der Waals surface area (Å²) in [7, 11) is -10.7. The van der Waals surface area contributed by atoms with Gasteiger partial charge in [0.15, 0.2) is 6.10 Å². The van der Waals surface area contributed by atoms with E-state index in [-0.39, 0.29) is 12.8 Å². The third kappa shape index (κ3) is 28.5. The Bertz CT molecular complexity index is 1460. The number of phosphoric acid groups is 2. The van der Waals surface area contributed by atoms with E-state index in [0.29, 0.717) is 25.7 Å². The highest BCUT2D eigenvalue weighted by Gasteiger charge is 2.54. The molecule has 0 heterocycles. The predicted octanol–water partition coefficient (Wildman–Crippen LogP) is 6.47. The topological polar surface area (TPSA) is 276 Å². The van der Waals surface area contributed by atoms with E-state index in [1.54, 1.807) is 6.08 Å². The number of allylic oxidation sites excluding steroid dienone is 9. The summed E-state index contributed by atoms with van der Waals surface area (Å²) in [5.41, 5.74) is 0. The number of carbonyl (C=O) groups excluding carboxylic acids is 2. The molecule has 8 N–H and O–H groups in total. The average molecular weight is 925 g/mol. The van der Waals surface area contributed by atoms with Crippen molar-refractivity contribution < 1.29 is 82.0 Å². The number of hydrogen-bond donors (Lipinski definition) is 8. The molecular formula is C43H74O17P2. The van der Waals surface area contributed by atoms with E-state index in [0.717, 1.165) is 83.5 Å². The van der Waals surface area contributed by atoms with Crippen LogP contribution in [0.4, 0.5) is 0 Å². The van der Waals surface area contributed by atoms with Crippen LogP contribution in [0.1, 0.15) is 136 Å². The maximum absolute atomic E-state index is 13.0. The normalized spacial score (nSPS) is 23.2. The molecule has 0 aromatic rings. The summed E-state index contributed by atoms with van der Waals surface area (Å²) in [6.45, 7) is 2.79. The number of unbranched alkanes of at least 4 members (excludes halogenated alkanes) is 10. The van der Waals surface area contributed by atoms with Gasteiger partial charge in [-0.1, -0.05) is 126 Å². The molecule has 62 heavy (non-hydrogen) atoms. The molecule has 0 aromatic heterocycles. The molecule has 0 spiro atoms. The summed E-state index contributed by atoms with van der Waals surface area (Å²) in [4.78, 5) is 54.1. The van der Waals surface area contributed by atoms with Gasteiger partial charge in [-0.25, -0.2) is 9.13 Å². The Balaban J connectivity index is 2.68. The molecule has 358 valence electrons. The molecule has 17 nitrogen and oxygen atoms in total. The Labute approximate surface area is 367 Å². The molecule has 0 aliphatic heterocycles. The number of ether oxygens (including phenoxy) is 2. The monoisotopic (exact) mass is 924 g/mol. The molecule has 1 aliphatic carbocycles. The second-order valence-corrected chi connectivity index (χ2v) is 17.8. The molecular weight excluding hydrogens is 850 g/mol. The minimum Gasteiger partial charge on any atom is -0.462 e. The van der Waals surface area contributed by atoms with Crippen LogP contribution in [0.5, 0.6) is 0 Å². The van der Waals surface area contributed by atoms with Crippen LogP contribution in [0.3, 0.4) is 0 Å². The third-order valence-electron chi connectivity index (χ3n) is 9.66. The summed E-state index contributed by atoms with van der Waals surface area (Å²) < 4.78 is 49.2. The lowest BCUT2D eigenvalue weighted by Gasteiger charge is -2.43. The zero-order valence-electron chi connectivity index (χ0n) is 36.4. The van der Waals surface area contributed by atoms with Crippen LogP contribution >= 0.6 is 15.6 Å². The van der Waals surface area contributed by atoms with Crippen molar-refractivity contribution in [2.24, 2.45) is 0 Å². The summed E-state index contributed by atoms with van der Waals surface area (Å²) in [5, 5.41) is 51.3. The first-order valence-corrected chi connectivity index (χ1v) is 25.0. The predicted molar refractivity (Wildman–Crippen MR) is 233 cm³/mol. The highest BCUT2D eigenvalue weighted by molar-refractivity contribution is 7.47. The van der Waals surface area contributed by atoms with Crippen molar-refractivity contribution in [1.29, 1.82) is 0 Å². The quantitative estimate of drug-likeness (QED) is 0.0111. The van der Waals surface area contributed by atoms with Gasteiger partial charge in [-0.15, -0.1) is 0 Å². The van der Waals surface area contributed by atoms with Crippen molar-refractivity contribution in [2.45, 2.75) is 185 Å². The lowest BCUT2D eigenvalue weighted by molar-refractivity contribution is -0.216. The second kappa shape index (κ2) is 34.1. The number of esters is 2. The van der Waals surface area contributed by atoms with Gasteiger partial charge in [0.2, 0.25) is 0 Å². The Kier molecular flexibility index (Phi) is 31.7. The zero-order valence-corrected chi connectivity index (χ0v) is 38.2. The Morgan fingerprint density at radius 3 is 1.82 bits per heavy atom. The van der Waals surface area contributed by atoms with Gasteiger partial charge in [-0.05, 0) is 57.8 Å². The fourth-order valence-electron chi connectivity index (χ4n) is 6.25. The Morgan fingerprint density at radius 2 is 1.18 bits per heavy atom. The number of rotatable bonds is 35. The second-order valence-electron chi connectivity index (χ2n) is 15.2. The average Bonchev–Trinajstić information content (AvgIpc) is 3.22. The van der Waals surface area contributed by atoms with E-state index >= 15 is 0 Å². The van der Waals surface area contributed by atoms with Gasteiger partial charge in [0, 0.05) is 12.8 Å². The van der Waals surface area contributed by atoms with Crippen molar-refractivity contribution in [3.05, 3.63) is 60.8 Å². The van der Waals surface area contributed by atoms with Gasteiger partial charge in [-0.2, -0.15) is 0 Å². The lowest BCUT2D eigenvalue weighted by atomic mass is 9.85. The molecule has 1 aliphatic rings. The number of hydrogen-bond acceptors (Lipinski definition) is 14. The molecule has 9 atom stereocenters. The molecule has 1 saturated carbocycles. The van der Waals surface area contributed by atoms with Crippen LogP contribution < -0.4 is 0 Å². The smallest absolute Gasteiger partial charge is 0.462 e. The third-order valence-corrected chi connectivity index (χ3v) is 11.2. The summed E-state index contributed by atoms with van der Waals surface area (Å²) in [5.74, 6) is -1.31. The molecule has 6 unspecified atom stereocenters. The number of aliphatic hydroxyl groups is 5. The first-order valence-electron chi connectivity index (χ1n) is 21.9. The first-order chi connectivity index (χ1) is 29.5.